The van der Waals surface area contributed by atoms with Crippen molar-refractivity contribution in [2.45, 2.75) is 32.2 Å². The van der Waals surface area contributed by atoms with E-state index in [0.29, 0.717) is 12.3 Å². The van der Waals surface area contributed by atoms with Gasteiger partial charge in [0.1, 0.15) is 0 Å². The van der Waals surface area contributed by atoms with Crippen molar-refractivity contribution in [2.75, 3.05) is 38.5 Å². The minimum Gasteiger partial charge on any atom is -0.317 e. The standard InChI is InChI=1S/C12H25N3O2S/c1-2-13-6-3-9-18(16,17)14-12-10-15-7-4-11(12)5-8-15/h11-14H,2-10H2,1H3. The van der Waals surface area contributed by atoms with Crippen molar-refractivity contribution in [3.05, 3.63) is 0 Å². The highest BCUT2D eigenvalue weighted by Gasteiger charge is 2.35. The lowest BCUT2D eigenvalue weighted by molar-refractivity contribution is 0.0827. The van der Waals surface area contributed by atoms with Gasteiger partial charge in [0.25, 0.3) is 0 Å². The predicted molar refractivity (Wildman–Crippen MR) is 73.0 cm³/mol. The molecule has 1 atom stereocenters. The molecule has 0 aromatic carbocycles. The lowest BCUT2D eigenvalue weighted by atomic mass is 9.85. The second-order valence-electron chi connectivity index (χ2n) is 5.39. The summed E-state index contributed by atoms with van der Waals surface area (Å²) in [7, 11) is -3.10. The van der Waals surface area contributed by atoms with Crippen LogP contribution in [0, 0.1) is 5.92 Å². The molecule has 3 aliphatic heterocycles. The Morgan fingerprint density at radius 1 is 1.28 bits per heavy atom. The Labute approximate surface area is 110 Å². The number of sulfonamides is 1. The third-order valence-electron chi connectivity index (χ3n) is 4.00. The quantitative estimate of drug-likeness (QED) is 0.642. The predicted octanol–water partition coefficient (Wildman–Crippen LogP) is -0.000400. The zero-order chi connectivity index (χ0) is 13.0. The number of rotatable bonds is 7. The molecule has 6 heteroatoms. The van der Waals surface area contributed by atoms with Crippen molar-refractivity contribution in [3.8, 4) is 0 Å². The zero-order valence-electron chi connectivity index (χ0n) is 11.2. The largest absolute Gasteiger partial charge is 0.317 e. The minimum atomic E-state index is -3.10. The van der Waals surface area contributed by atoms with Crippen molar-refractivity contribution < 1.29 is 8.42 Å². The van der Waals surface area contributed by atoms with Gasteiger partial charge in [-0.15, -0.1) is 0 Å². The van der Waals surface area contributed by atoms with E-state index in [9.17, 15) is 8.42 Å². The van der Waals surface area contributed by atoms with Crippen LogP contribution in [0.4, 0.5) is 0 Å². The SMILES string of the molecule is CCNCCCS(=O)(=O)NC1CN2CCC1CC2. The summed E-state index contributed by atoms with van der Waals surface area (Å²) in [6, 6.07) is 0.150. The molecule has 0 radical (unpaired) electrons. The smallest absolute Gasteiger partial charge is 0.211 e. The molecule has 2 N–H and O–H groups in total. The molecule has 3 aliphatic rings. The second kappa shape index (κ2) is 6.32. The first-order valence-corrected chi connectivity index (χ1v) is 8.69. The molecule has 1 unspecified atom stereocenters. The number of nitrogens with zero attached hydrogens (tertiary/aromatic N) is 1. The van der Waals surface area contributed by atoms with Gasteiger partial charge in [-0.3, -0.25) is 0 Å². The molecular weight excluding hydrogens is 250 g/mol. The molecule has 3 rings (SSSR count). The monoisotopic (exact) mass is 275 g/mol. The van der Waals surface area contributed by atoms with Gasteiger partial charge in [-0.2, -0.15) is 0 Å². The second-order valence-corrected chi connectivity index (χ2v) is 7.26. The molecule has 0 aromatic rings. The van der Waals surface area contributed by atoms with Crippen molar-refractivity contribution in [1.82, 2.24) is 14.9 Å². The molecule has 2 bridgehead atoms. The molecule has 0 aromatic heterocycles. The van der Waals surface area contributed by atoms with E-state index in [0.717, 1.165) is 45.6 Å². The average molecular weight is 275 g/mol. The van der Waals surface area contributed by atoms with Crippen LogP contribution >= 0.6 is 0 Å². The number of hydrogen-bond donors (Lipinski definition) is 2. The van der Waals surface area contributed by atoms with Gasteiger partial charge in [0.15, 0.2) is 0 Å². The van der Waals surface area contributed by atoms with Crippen molar-refractivity contribution in [2.24, 2.45) is 5.92 Å². The van der Waals surface area contributed by atoms with Crippen LogP contribution in [-0.2, 0) is 10.0 Å². The average Bonchev–Trinajstić information content (AvgIpc) is 2.36. The van der Waals surface area contributed by atoms with Gasteiger partial charge in [0, 0.05) is 12.6 Å². The first-order chi connectivity index (χ1) is 8.61. The van der Waals surface area contributed by atoms with Crippen LogP contribution in [0.5, 0.6) is 0 Å². The Morgan fingerprint density at radius 2 is 2.00 bits per heavy atom. The van der Waals surface area contributed by atoms with Gasteiger partial charge in [-0.1, -0.05) is 6.92 Å². The molecule has 5 nitrogen and oxygen atoms in total. The van der Waals surface area contributed by atoms with Crippen LogP contribution < -0.4 is 10.0 Å². The Kier molecular flexibility index (Phi) is 5.00. The van der Waals surface area contributed by atoms with Gasteiger partial charge in [-0.05, 0) is 51.4 Å². The highest BCUT2D eigenvalue weighted by molar-refractivity contribution is 7.89. The fourth-order valence-electron chi connectivity index (χ4n) is 2.95. The number of nitrogens with one attached hydrogen (secondary N) is 2. The van der Waals surface area contributed by atoms with Gasteiger partial charge >= 0.3 is 0 Å². The van der Waals surface area contributed by atoms with Crippen molar-refractivity contribution in [3.63, 3.8) is 0 Å². The molecule has 0 saturated carbocycles. The fourth-order valence-corrected chi connectivity index (χ4v) is 4.32. The molecular formula is C12H25N3O2S. The fraction of sp³-hybridized carbons (Fsp3) is 1.00. The molecule has 3 fully saturated rings. The molecule has 0 spiro atoms. The number of hydrogen-bond acceptors (Lipinski definition) is 4. The molecule has 18 heavy (non-hydrogen) atoms. The molecule has 0 aliphatic carbocycles. The lowest BCUT2D eigenvalue weighted by Crippen LogP contribution is -2.57. The highest BCUT2D eigenvalue weighted by Crippen LogP contribution is 2.27. The zero-order valence-corrected chi connectivity index (χ0v) is 12.0. The van der Waals surface area contributed by atoms with Gasteiger partial charge in [0.05, 0.1) is 5.75 Å². The van der Waals surface area contributed by atoms with Crippen LogP contribution in [-0.4, -0.2) is 57.8 Å². The van der Waals surface area contributed by atoms with Crippen LogP contribution in [0.3, 0.4) is 0 Å². The summed E-state index contributed by atoms with van der Waals surface area (Å²) in [6.45, 7) is 6.88. The maximum absolute atomic E-state index is 12.0. The Balaban J connectivity index is 1.77. The highest BCUT2D eigenvalue weighted by atomic mass is 32.2. The van der Waals surface area contributed by atoms with Crippen LogP contribution in [0.1, 0.15) is 26.2 Å². The van der Waals surface area contributed by atoms with Crippen LogP contribution in [0.25, 0.3) is 0 Å². The summed E-state index contributed by atoms with van der Waals surface area (Å²) in [5.74, 6) is 0.794. The first-order valence-electron chi connectivity index (χ1n) is 7.04. The van der Waals surface area contributed by atoms with Crippen LogP contribution in [0.2, 0.25) is 0 Å². The Hall–Kier alpha value is -0.170. The number of piperidine rings is 3. The summed E-state index contributed by atoms with van der Waals surface area (Å²) in [5.41, 5.74) is 0. The summed E-state index contributed by atoms with van der Waals surface area (Å²) in [6.07, 6.45) is 2.97. The third-order valence-corrected chi connectivity index (χ3v) is 5.49. The van der Waals surface area contributed by atoms with E-state index in [1.165, 1.54) is 0 Å². The summed E-state index contributed by atoms with van der Waals surface area (Å²) < 4.78 is 26.9. The van der Waals surface area contributed by atoms with Gasteiger partial charge in [-0.25, -0.2) is 13.1 Å². The van der Waals surface area contributed by atoms with E-state index < -0.39 is 10.0 Å². The summed E-state index contributed by atoms with van der Waals surface area (Å²) >= 11 is 0. The molecule has 0 amide bonds. The maximum Gasteiger partial charge on any atom is 0.211 e. The number of fused-ring (bicyclic) bond motifs is 3. The van der Waals surface area contributed by atoms with E-state index in [1.54, 1.807) is 0 Å². The minimum absolute atomic E-state index is 0.150. The molecule has 3 heterocycles. The topological polar surface area (TPSA) is 61.4 Å². The first kappa shape index (κ1) is 14.2. The maximum atomic E-state index is 12.0. The normalized spacial score (nSPS) is 31.7. The van der Waals surface area contributed by atoms with Gasteiger partial charge < -0.3 is 10.2 Å². The van der Waals surface area contributed by atoms with Crippen molar-refractivity contribution >= 4 is 10.0 Å². The Morgan fingerprint density at radius 3 is 2.56 bits per heavy atom. The van der Waals surface area contributed by atoms with Crippen molar-refractivity contribution in [1.29, 1.82) is 0 Å². The van der Waals surface area contributed by atoms with Crippen LogP contribution in [0.15, 0.2) is 0 Å². The van der Waals surface area contributed by atoms with E-state index in [4.69, 9.17) is 0 Å². The molecule has 106 valence electrons. The molecule has 3 saturated heterocycles. The third kappa shape index (κ3) is 3.91. The van der Waals surface area contributed by atoms with E-state index in [1.807, 2.05) is 6.92 Å². The van der Waals surface area contributed by atoms with Gasteiger partial charge in [0.2, 0.25) is 10.0 Å². The Bertz CT molecular complexity index is 350. The van der Waals surface area contributed by atoms with E-state index >= 15 is 0 Å². The van der Waals surface area contributed by atoms with E-state index in [-0.39, 0.29) is 11.8 Å². The lowest BCUT2D eigenvalue weighted by Gasteiger charge is -2.44. The van der Waals surface area contributed by atoms with E-state index in [2.05, 4.69) is 14.9 Å². The summed E-state index contributed by atoms with van der Waals surface area (Å²) in [4.78, 5) is 2.37. The summed E-state index contributed by atoms with van der Waals surface area (Å²) in [5, 5.41) is 3.15.